The number of rotatable bonds is 2. The third-order valence-corrected chi connectivity index (χ3v) is 2.67. The lowest BCUT2D eigenvalue weighted by atomic mass is 9.77. The lowest BCUT2D eigenvalue weighted by Gasteiger charge is -2.35. The normalized spacial score (nSPS) is 15.9. The van der Waals surface area contributed by atoms with Crippen LogP contribution in [0.25, 0.3) is 0 Å². The summed E-state index contributed by atoms with van der Waals surface area (Å²) in [5.41, 5.74) is 5.06. The van der Waals surface area contributed by atoms with E-state index in [-0.39, 0.29) is 30.7 Å². The molecule has 0 atom stereocenters. The topological polar surface area (TPSA) is 68.0 Å². The molecule has 0 bridgehead atoms. The van der Waals surface area contributed by atoms with Gasteiger partial charge in [-0.2, -0.15) is 0 Å². The minimum atomic E-state index is -0.754. The molecule has 7 heteroatoms. The van der Waals surface area contributed by atoms with Crippen LogP contribution in [0.2, 0.25) is 0 Å². The first-order valence-electron chi connectivity index (χ1n) is 4.82. The molecule has 1 fully saturated rings. The Morgan fingerprint density at radius 2 is 2.06 bits per heavy atom. The molecular weight excluding hydrogens is 268 g/mol. The lowest BCUT2D eigenvalue weighted by molar-refractivity contribution is -0.123. The Labute approximate surface area is 111 Å². The van der Waals surface area contributed by atoms with Gasteiger partial charge in [0.15, 0.2) is 0 Å². The molecule has 0 aromatic carbocycles. The zero-order chi connectivity index (χ0) is 10.9. The van der Waals surface area contributed by atoms with Gasteiger partial charge in [-0.1, -0.05) is 0 Å². The maximum Gasteiger partial charge on any atom is 0.245 e. The van der Waals surface area contributed by atoms with Crippen molar-refractivity contribution in [2.24, 2.45) is 5.73 Å². The van der Waals surface area contributed by atoms with E-state index in [0.717, 1.165) is 12.6 Å². The summed E-state index contributed by atoms with van der Waals surface area (Å²) < 4.78 is 12.5. The minimum Gasteiger partial charge on any atom is -0.317 e. The quantitative estimate of drug-likeness (QED) is 0.870. The number of hydrogen-bond acceptors (Lipinski definition) is 3. The van der Waals surface area contributed by atoms with Gasteiger partial charge in [-0.25, -0.2) is 9.37 Å². The van der Waals surface area contributed by atoms with E-state index < -0.39 is 11.4 Å². The molecule has 0 radical (unpaired) electrons. The number of nitrogens with zero attached hydrogens (tertiary/aromatic N) is 1. The number of carbonyl (C=O) groups excluding carboxylic acids is 1. The zero-order valence-corrected chi connectivity index (χ0v) is 10.6. The SMILES string of the molecule is Cl.Cl.NC1(C(=O)Nc2ccc(F)cn2)CCC1. The maximum absolute atomic E-state index is 12.5. The molecule has 1 aromatic rings. The molecule has 0 spiro atoms. The average Bonchev–Trinajstić information content (AvgIpc) is 2.18. The highest BCUT2D eigenvalue weighted by Crippen LogP contribution is 2.29. The number of pyridine rings is 1. The Morgan fingerprint density at radius 3 is 2.47 bits per heavy atom. The Kier molecular flexibility index (Phi) is 5.81. The van der Waals surface area contributed by atoms with Crippen LogP contribution in [0.15, 0.2) is 18.3 Å². The fourth-order valence-corrected chi connectivity index (χ4v) is 1.48. The molecule has 1 aromatic heterocycles. The molecule has 1 amide bonds. The molecule has 1 saturated carbocycles. The van der Waals surface area contributed by atoms with Gasteiger partial charge in [0.25, 0.3) is 0 Å². The fourth-order valence-electron chi connectivity index (χ4n) is 1.48. The van der Waals surface area contributed by atoms with Crippen molar-refractivity contribution in [1.82, 2.24) is 4.98 Å². The van der Waals surface area contributed by atoms with Gasteiger partial charge in [0.2, 0.25) is 5.91 Å². The van der Waals surface area contributed by atoms with Gasteiger partial charge in [-0.3, -0.25) is 4.79 Å². The number of aromatic nitrogens is 1. The smallest absolute Gasteiger partial charge is 0.245 e. The molecule has 1 heterocycles. The van der Waals surface area contributed by atoms with Gasteiger partial charge in [-0.05, 0) is 31.4 Å². The minimum absolute atomic E-state index is 0. The monoisotopic (exact) mass is 281 g/mol. The van der Waals surface area contributed by atoms with E-state index in [1.807, 2.05) is 0 Å². The van der Waals surface area contributed by atoms with Crippen molar-refractivity contribution in [3.05, 3.63) is 24.1 Å². The van der Waals surface area contributed by atoms with Crippen LogP contribution in [-0.2, 0) is 4.79 Å². The van der Waals surface area contributed by atoms with Crippen LogP contribution in [0.3, 0.4) is 0 Å². The van der Waals surface area contributed by atoms with Crippen molar-refractivity contribution in [2.75, 3.05) is 5.32 Å². The van der Waals surface area contributed by atoms with Crippen molar-refractivity contribution < 1.29 is 9.18 Å². The standard InChI is InChI=1S/C10H12FN3O.2ClH/c11-7-2-3-8(13-6-7)14-9(15)10(12)4-1-5-10;;/h2-3,6H,1,4-5,12H2,(H,13,14,15);2*1H. The van der Waals surface area contributed by atoms with Crippen LogP contribution in [0.5, 0.6) is 0 Å². The number of amides is 1. The highest BCUT2D eigenvalue weighted by molar-refractivity contribution is 5.97. The number of hydrogen-bond donors (Lipinski definition) is 2. The fraction of sp³-hybridized carbons (Fsp3) is 0.400. The third-order valence-electron chi connectivity index (χ3n) is 2.67. The van der Waals surface area contributed by atoms with E-state index in [1.54, 1.807) is 0 Å². The van der Waals surface area contributed by atoms with Crippen LogP contribution in [0.4, 0.5) is 10.2 Å². The van der Waals surface area contributed by atoms with Crippen molar-refractivity contribution in [1.29, 1.82) is 0 Å². The van der Waals surface area contributed by atoms with E-state index in [2.05, 4.69) is 10.3 Å². The molecule has 1 aliphatic rings. The molecule has 1 aliphatic carbocycles. The van der Waals surface area contributed by atoms with Crippen LogP contribution in [-0.4, -0.2) is 16.4 Å². The highest BCUT2D eigenvalue weighted by Gasteiger charge is 2.40. The van der Waals surface area contributed by atoms with Gasteiger partial charge in [-0.15, -0.1) is 24.8 Å². The summed E-state index contributed by atoms with van der Waals surface area (Å²) in [5.74, 6) is -0.343. The van der Waals surface area contributed by atoms with E-state index in [4.69, 9.17) is 5.73 Å². The molecule has 96 valence electrons. The Hall–Kier alpha value is -0.910. The van der Waals surface area contributed by atoms with Crippen LogP contribution in [0.1, 0.15) is 19.3 Å². The second-order valence-corrected chi connectivity index (χ2v) is 3.83. The van der Waals surface area contributed by atoms with Crippen molar-refractivity contribution >= 4 is 36.5 Å². The van der Waals surface area contributed by atoms with E-state index in [1.165, 1.54) is 12.1 Å². The molecule has 3 N–H and O–H groups in total. The van der Waals surface area contributed by atoms with Crippen molar-refractivity contribution in [3.63, 3.8) is 0 Å². The van der Waals surface area contributed by atoms with Crippen LogP contribution >= 0.6 is 24.8 Å². The van der Waals surface area contributed by atoms with Crippen molar-refractivity contribution in [2.45, 2.75) is 24.8 Å². The molecule has 2 rings (SSSR count). The summed E-state index contributed by atoms with van der Waals surface area (Å²) in [4.78, 5) is 15.4. The first-order valence-corrected chi connectivity index (χ1v) is 4.82. The third kappa shape index (κ3) is 3.52. The first-order chi connectivity index (χ1) is 7.10. The van der Waals surface area contributed by atoms with E-state index >= 15 is 0 Å². The lowest BCUT2D eigenvalue weighted by Crippen LogP contribution is -2.56. The number of halogens is 3. The Balaban J connectivity index is 0.00000128. The van der Waals surface area contributed by atoms with E-state index in [0.29, 0.717) is 18.7 Å². The zero-order valence-electron chi connectivity index (χ0n) is 8.98. The summed E-state index contributed by atoms with van der Waals surface area (Å²) in [6.45, 7) is 0. The average molecular weight is 282 g/mol. The van der Waals surface area contributed by atoms with Gasteiger partial charge in [0.1, 0.15) is 11.6 Å². The first kappa shape index (κ1) is 16.1. The molecule has 0 unspecified atom stereocenters. The molecular formula is C10H14Cl2FN3O. The van der Waals surface area contributed by atoms with Crippen LogP contribution in [0, 0.1) is 5.82 Å². The number of nitrogens with one attached hydrogen (secondary N) is 1. The van der Waals surface area contributed by atoms with Crippen LogP contribution < -0.4 is 11.1 Å². The molecule has 17 heavy (non-hydrogen) atoms. The predicted molar refractivity (Wildman–Crippen MR) is 68.1 cm³/mol. The van der Waals surface area contributed by atoms with E-state index in [9.17, 15) is 9.18 Å². The maximum atomic E-state index is 12.5. The number of carbonyl (C=O) groups is 1. The summed E-state index contributed by atoms with van der Waals surface area (Å²) >= 11 is 0. The summed E-state index contributed by atoms with van der Waals surface area (Å²) in [6, 6.07) is 2.65. The molecule has 4 nitrogen and oxygen atoms in total. The number of anilines is 1. The number of nitrogens with two attached hydrogens (primary N) is 1. The van der Waals surface area contributed by atoms with Gasteiger partial charge in [0.05, 0.1) is 11.7 Å². The Bertz CT molecular complexity index is 382. The summed E-state index contributed by atoms with van der Waals surface area (Å²) in [6.07, 6.45) is 3.42. The molecule has 0 saturated heterocycles. The van der Waals surface area contributed by atoms with Crippen molar-refractivity contribution in [3.8, 4) is 0 Å². The van der Waals surface area contributed by atoms with Gasteiger partial charge in [0, 0.05) is 0 Å². The summed E-state index contributed by atoms with van der Waals surface area (Å²) in [5, 5.41) is 2.57. The highest BCUT2D eigenvalue weighted by atomic mass is 35.5. The summed E-state index contributed by atoms with van der Waals surface area (Å²) in [7, 11) is 0. The second-order valence-electron chi connectivity index (χ2n) is 3.83. The Morgan fingerprint density at radius 1 is 1.41 bits per heavy atom. The van der Waals surface area contributed by atoms with Gasteiger partial charge >= 0.3 is 0 Å². The molecule has 0 aliphatic heterocycles. The predicted octanol–water partition coefficient (Wildman–Crippen LogP) is 1.88. The van der Waals surface area contributed by atoms with Gasteiger partial charge < -0.3 is 11.1 Å². The largest absolute Gasteiger partial charge is 0.317 e. The second kappa shape index (κ2) is 6.14.